The second kappa shape index (κ2) is 7.90. The quantitative estimate of drug-likeness (QED) is 0.491. The molecule has 0 saturated carbocycles. The fourth-order valence-electron chi connectivity index (χ4n) is 2.34. The molecule has 0 amide bonds. The van der Waals surface area contributed by atoms with Crippen LogP contribution < -0.4 is 5.32 Å². The molecule has 0 saturated heterocycles. The molecule has 0 fully saturated rings. The highest BCUT2D eigenvalue weighted by atomic mass is 16.6. The number of nitrogens with one attached hydrogen (secondary N) is 1. The van der Waals surface area contributed by atoms with Crippen molar-refractivity contribution < 1.29 is 14.5 Å². The van der Waals surface area contributed by atoms with Gasteiger partial charge in [-0.2, -0.15) is 0 Å². The molecule has 0 aromatic heterocycles. The molecule has 0 radical (unpaired) electrons. The first kappa shape index (κ1) is 18.6. The van der Waals surface area contributed by atoms with Crippen LogP contribution in [0.15, 0.2) is 54.6 Å². The van der Waals surface area contributed by atoms with Crippen molar-refractivity contribution in [2.45, 2.75) is 39.0 Å². The van der Waals surface area contributed by atoms with Crippen molar-refractivity contribution in [2.75, 3.05) is 0 Å². The molecule has 0 aliphatic carbocycles. The lowest BCUT2D eigenvalue weighted by atomic mass is 10.1. The van der Waals surface area contributed by atoms with E-state index in [1.54, 1.807) is 12.1 Å². The molecule has 0 aliphatic heterocycles. The number of esters is 1. The number of benzene rings is 2. The van der Waals surface area contributed by atoms with Gasteiger partial charge < -0.3 is 4.74 Å². The minimum Gasteiger partial charge on any atom is -0.459 e. The highest BCUT2D eigenvalue weighted by Gasteiger charge is 2.26. The third kappa shape index (κ3) is 5.69. The Morgan fingerprint density at radius 1 is 1.16 bits per heavy atom. The first-order valence-corrected chi connectivity index (χ1v) is 8.01. The molecule has 0 spiro atoms. The number of ether oxygens (including phenoxy) is 1. The van der Waals surface area contributed by atoms with Gasteiger partial charge in [-0.1, -0.05) is 42.5 Å². The van der Waals surface area contributed by atoms with E-state index in [1.807, 2.05) is 51.1 Å². The summed E-state index contributed by atoms with van der Waals surface area (Å²) in [7, 11) is 0. The van der Waals surface area contributed by atoms with Crippen LogP contribution in [0, 0.1) is 10.1 Å². The molecular weight excluding hydrogens is 320 g/mol. The molecule has 2 rings (SSSR count). The molecule has 0 bridgehead atoms. The first-order chi connectivity index (χ1) is 11.8. The number of nitro benzene ring substituents is 1. The van der Waals surface area contributed by atoms with E-state index in [2.05, 4.69) is 5.32 Å². The third-order valence-electron chi connectivity index (χ3n) is 3.41. The number of nitrogens with zero attached hydrogens (tertiary/aromatic N) is 1. The van der Waals surface area contributed by atoms with Crippen LogP contribution in [0.3, 0.4) is 0 Å². The summed E-state index contributed by atoms with van der Waals surface area (Å²) in [5.74, 6) is -0.385. The monoisotopic (exact) mass is 342 g/mol. The summed E-state index contributed by atoms with van der Waals surface area (Å²) < 4.78 is 5.49. The molecule has 6 nitrogen and oxygen atoms in total. The highest BCUT2D eigenvalue weighted by Crippen LogP contribution is 2.20. The van der Waals surface area contributed by atoms with Crippen LogP contribution in [0.25, 0.3) is 0 Å². The van der Waals surface area contributed by atoms with E-state index in [0.29, 0.717) is 6.54 Å². The number of rotatable bonds is 6. The Balaban J connectivity index is 2.18. The van der Waals surface area contributed by atoms with E-state index >= 15 is 0 Å². The van der Waals surface area contributed by atoms with E-state index < -0.39 is 16.6 Å². The van der Waals surface area contributed by atoms with E-state index in [-0.39, 0.29) is 11.7 Å². The third-order valence-corrected chi connectivity index (χ3v) is 3.41. The number of nitro groups is 1. The maximum absolute atomic E-state index is 12.6. The summed E-state index contributed by atoms with van der Waals surface area (Å²) in [6.45, 7) is 5.75. The molecule has 1 N–H and O–H groups in total. The van der Waals surface area contributed by atoms with Gasteiger partial charge in [0.15, 0.2) is 0 Å². The van der Waals surface area contributed by atoms with Crippen molar-refractivity contribution in [2.24, 2.45) is 0 Å². The smallest absolute Gasteiger partial charge is 0.328 e. The van der Waals surface area contributed by atoms with Gasteiger partial charge in [0, 0.05) is 18.7 Å². The van der Waals surface area contributed by atoms with Crippen molar-refractivity contribution in [1.29, 1.82) is 0 Å². The summed E-state index contributed by atoms with van der Waals surface area (Å²) in [5, 5.41) is 14.0. The Hall–Kier alpha value is -2.73. The summed E-state index contributed by atoms with van der Waals surface area (Å²) in [6.07, 6.45) is 0. The van der Waals surface area contributed by atoms with Crippen molar-refractivity contribution in [1.82, 2.24) is 5.32 Å². The SMILES string of the molecule is CC(C)(C)OC(=O)[C@@H](NCc1cccc([N+](=O)[O-])c1)c1ccccc1. The zero-order valence-corrected chi connectivity index (χ0v) is 14.6. The van der Waals surface area contributed by atoms with Gasteiger partial charge in [-0.05, 0) is 31.9 Å². The van der Waals surface area contributed by atoms with Crippen molar-refractivity contribution in [3.05, 3.63) is 75.8 Å². The van der Waals surface area contributed by atoms with E-state index in [0.717, 1.165) is 11.1 Å². The van der Waals surface area contributed by atoms with Crippen LogP contribution in [0.5, 0.6) is 0 Å². The zero-order valence-electron chi connectivity index (χ0n) is 14.6. The molecule has 6 heteroatoms. The van der Waals surface area contributed by atoms with Crippen molar-refractivity contribution in [3.8, 4) is 0 Å². The maximum Gasteiger partial charge on any atom is 0.328 e. The Kier molecular flexibility index (Phi) is 5.88. The van der Waals surface area contributed by atoms with Crippen LogP contribution in [0.4, 0.5) is 5.69 Å². The Bertz CT molecular complexity index is 739. The average molecular weight is 342 g/mol. The fraction of sp³-hybridized carbons (Fsp3) is 0.316. The molecular formula is C19H22N2O4. The molecule has 132 valence electrons. The van der Waals surface area contributed by atoms with Gasteiger partial charge in [0.25, 0.3) is 5.69 Å². The number of non-ortho nitro benzene ring substituents is 1. The fourth-order valence-corrected chi connectivity index (χ4v) is 2.34. The summed E-state index contributed by atoms with van der Waals surface area (Å²) in [5.41, 5.74) is 0.922. The van der Waals surface area contributed by atoms with Gasteiger partial charge >= 0.3 is 5.97 Å². The van der Waals surface area contributed by atoms with Crippen LogP contribution in [0.2, 0.25) is 0 Å². The Morgan fingerprint density at radius 3 is 2.44 bits per heavy atom. The summed E-state index contributed by atoms with van der Waals surface area (Å²) in [4.78, 5) is 23.0. The number of hydrogen-bond donors (Lipinski definition) is 1. The van der Waals surface area contributed by atoms with Gasteiger partial charge in [-0.25, -0.2) is 4.79 Å². The number of hydrogen-bond acceptors (Lipinski definition) is 5. The molecule has 1 atom stereocenters. The highest BCUT2D eigenvalue weighted by molar-refractivity contribution is 5.78. The zero-order chi connectivity index (χ0) is 18.4. The number of carbonyl (C=O) groups is 1. The maximum atomic E-state index is 12.6. The molecule has 0 heterocycles. The van der Waals surface area contributed by atoms with Gasteiger partial charge in [-0.15, -0.1) is 0 Å². The van der Waals surface area contributed by atoms with E-state index in [4.69, 9.17) is 4.74 Å². The minimum atomic E-state index is -0.653. The molecule has 0 aliphatic rings. The molecule has 0 unspecified atom stereocenters. The summed E-state index contributed by atoms with van der Waals surface area (Å²) >= 11 is 0. The van der Waals surface area contributed by atoms with Gasteiger partial charge in [-0.3, -0.25) is 15.4 Å². The van der Waals surface area contributed by atoms with Crippen LogP contribution in [-0.2, 0) is 16.1 Å². The predicted octanol–water partition coefficient (Wildman–Crippen LogP) is 3.77. The average Bonchev–Trinajstić information content (AvgIpc) is 2.54. The van der Waals surface area contributed by atoms with Crippen LogP contribution >= 0.6 is 0 Å². The van der Waals surface area contributed by atoms with Gasteiger partial charge in [0.05, 0.1) is 4.92 Å². The number of carbonyl (C=O) groups excluding carboxylic acids is 1. The van der Waals surface area contributed by atoms with Crippen LogP contribution in [0.1, 0.15) is 37.9 Å². The Morgan fingerprint density at radius 2 is 1.84 bits per heavy atom. The van der Waals surface area contributed by atoms with E-state index in [1.165, 1.54) is 12.1 Å². The van der Waals surface area contributed by atoms with Crippen LogP contribution in [-0.4, -0.2) is 16.5 Å². The van der Waals surface area contributed by atoms with Crippen molar-refractivity contribution in [3.63, 3.8) is 0 Å². The normalized spacial score (nSPS) is 12.4. The lowest BCUT2D eigenvalue weighted by Crippen LogP contribution is -2.34. The minimum absolute atomic E-state index is 0.0211. The first-order valence-electron chi connectivity index (χ1n) is 8.01. The second-order valence-electron chi connectivity index (χ2n) is 6.69. The molecule has 2 aromatic carbocycles. The van der Waals surface area contributed by atoms with Gasteiger partial charge in [0.1, 0.15) is 11.6 Å². The van der Waals surface area contributed by atoms with Crippen molar-refractivity contribution >= 4 is 11.7 Å². The standard InChI is InChI=1S/C19H22N2O4/c1-19(2,3)25-18(22)17(15-9-5-4-6-10-15)20-13-14-8-7-11-16(12-14)21(23)24/h4-12,17,20H,13H2,1-3H3/t17-/m0/s1. The lowest BCUT2D eigenvalue weighted by molar-refractivity contribution is -0.384. The van der Waals surface area contributed by atoms with E-state index in [9.17, 15) is 14.9 Å². The summed E-state index contributed by atoms with van der Waals surface area (Å²) in [6, 6.07) is 14.9. The largest absolute Gasteiger partial charge is 0.459 e. The topological polar surface area (TPSA) is 81.5 Å². The Labute approximate surface area is 147 Å². The molecule has 2 aromatic rings. The molecule has 25 heavy (non-hydrogen) atoms. The lowest BCUT2D eigenvalue weighted by Gasteiger charge is -2.25. The second-order valence-corrected chi connectivity index (χ2v) is 6.69. The predicted molar refractivity (Wildman–Crippen MR) is 95.0 cm³/mol. The van der Waals surface area contributed by atoms with Gasteiger partial charge in [0.2, 0.25) is 0 Å².